The summed E-state index contributed by atoms with van der Waals surface area (Å²) in [6, 6.07) is 6.31. The van der Waals surface area contributed by atoms with E-state index in [1.807, 2.05) is 0 Å². The number of aromatic amines is 1. The third kappa shape index (κ3) is 5.10. The van der Waals surface area contributed by atoms with E-state index in [4.69, 9.17) is 9.47 Å². The molecule has 29 heavy (non-hydrogen) atoms. The van der Waals surface area contributed by atoms with E-state index >= 15 is 0 Å². The first kappa shape index (κ1) is 21.9. The monoisotopic (exact) mass is 400 g/mol. The van der Waals surface area contributed by atoms with E-state index in [1.54, 1.807) is 52.0 Å². The zero-order valence-corrected chi connectivity index (χ0v) is 17.0. The largest absolute Gasteiger partial charge is 0.465 e. The van der Waals surface area contributed by atoms with Crippen molar-refractivity contribution in [3.63, 3.8) is 0 Å². The molecule has 0 atom stereocenters. The highest BCUT2D eigenvalue weighted by Crippen LogP contribution is 2.20. The fraction of sp³-hybridized carbons (Fsp3) is 0.333. The number of esters is 2. The van der Waals surface area contributed by atoms with Crippen LogP contribution in [0.1, 0.15) is 56.3 Å². The molecule has 1 heterocycles. The summed E-state index contributed by atoms with van der Waals surface area (Å²) in [5.74, 6) is -1.98. The van der Waals surface area contributed by atoms with E-state index in [9.17, 15) is 19.2 Å². The van der Waals surface area contributed by atoms with Crippen molar-refractivity contribution in [2.24, 2.45) is 5.92 Å². The SMILES string of the molecule is COC(=O)c1c(C)[nH]c(C(=O)OCC(=O)c2ccc(NC(=O)C(C)C)cc2)c1C. The van der Waals surface area contributed by atoms with Gasteiger partial charge in [-0.1, -0.05) is 13.8 Å². The number of carbonyl (C=O) groups is 4. The Morgan fingerprint density at radius 3 is 2.21 bits per heavy atom. The Bertz CT molecular complexity index is 941. The highest BCUT2D eigenvalue weighted by molar-refractivity contribution is 6.01. The molecule has 0 aliphatic carbocycles. The van der Waals surface area contributed by atoms with Gasteiger partial charge in [0, 0.05) is 22.9 Å². The summed E-state index contributed by atoms with van der Waals surface area (Å²) in [5, 5.41) is 2.73. The van der Waals surface area contributed by atoms with Crippen LogP contribution in [0.4, 0.5) is 5.69 Å². The zero-order valence-electron chi connectivity index (χ0n) is 17.0. The molecule has 8 nitrogen and oxygen atoms in total. The standard InChI is InChI=1S/C21H24N2O6/c1-11(2)19(25)23-15-8-6-14(7-9-15)16(24)10-29-21(27)18-12(3)17(13(4)22-18)20(26)28-5/h6-9,11,22H,10H2,1-5H3,(H,23,25). The van der Waals surface area contributed by atoms with E-state index in [0.717, 1.165) is 0 Å². The number of anilines is 1. The molecule has 1 aromatic carbocycles. The van der Waals surface area contributed by atoms with Crippen LogP contribution in [0.25, 0.3) is 0 Å². The highest BCUT2D eigenvalue weighted by Gasteiger charge is 2.24. The molecule has 0 saturated carbocycles. The van der Waals surface area contributed by atoms with Gasteiger partial charge in [-0.25, -0.2) is 9.59 Å². The first-order valence-corrected chi connectivity index (χ1v) is 9.04. The lowest BCUT2D eigenvalue weighted by atomic mass is 10.1. The van der Waals surface area contributed by atoms with Crippen molar-refractivity contribution >= 4 is 29.3 Å². The van der Waals surface area contributed by atoms with Crippen LogP contribution < -0.4 is 5.32 Å². The molecule has 154 valence electrons. The van der Waals surface area contributed by atoms with Crippen LogP contribution in [0.5, 0.6) is 0 Å². The van der Waals surface area contributed by atoms with Crippen LogP contribution in [0.15, 0.2) is 24.3 Å². The predicted molar refractivity (Wildman–Crippen MR) is 106 cm³/mol. The third-order valence-electron chi connectivity index (χ3n) is 4.36. The number of nitrogens with one attached hydrogen (secondary N) is 2. The normalized spacial score (nSPS) is 10.6. The smallest absolute Gasteiger partial charge is 0.355 e. The van der Waals surface area contributed by atoms with Gasteiger partial charge in [0.1, 0.15) is 5.69 Å². The summed E-state index contributed by atoms with van der Waals surface area (Å²) in [4.78, 5) is 50.9. The van der Waals surface area contributed by atoms with E-state index in [-0.39, 0.29) is 23.1 Å². The van der Waals surface area contributed by atoms with Gasteiger partial charge in [0.25, 0.3) is 0 Å². The number of methoxy groups -OCH3 is 1. The average Bonchev–Trinajstić information content (AvgIpc) is 2.99. The molecule has 0 bridgehead atoms. The number of ketones is 1. The molecule has 8 heteroatoms. The molecular weight excluding hydrogens is 376 g/mol. The van der Waals surface area contributed by atoms with Crippen LogP contribution in [0, 0.1) is 19.8 Å². The number of ether oxygens (including phenoxy) is 2. The molecule has 1 amide bonds. The first-order chi connectivity index (χ1) is 13.6. The number of hydrogen-bond acceptors (Lipinski definition) is 6. The Morgan fingerprint density at radius 1 is 1.03 bits per heavy atom. The van der Waals surface area contributed by atoms with Crippen molar-refractivity contribution in [1.82, 2.24) is 4.98 Å². The quantitative estimate of drug-likeness (QED) is 0.545. The lowest BCUT2D eigenvalue weighted by Gasteiger charge is -2.08. The molecule has 0 saturated heterocycles. The molecule has 0 fully saturated rings. The van der Waals surface area contributed by atoms with Gasteiger partial charge in [-0.2, -0.15) is 0 Å². The Morgan fingerprint density at radius 2 is 1.66 bits per heavy atom. The Kier molecular flexibility index (Phi) is 6.93. The van der Waals surface area contributed by atoms with Crippen molar-refractivity contribution in [2.45, 2.75) is 27.7 Å². The van der Waals surface area contributed by atoms with Crippen molar-refractivity contribution in [1.29, 1.82) is 0 Å². The lowest BCUT2D eigenvalue weighted by molar-refractivity contribution is -0.118. The Labute approximate surface area is 168 Å². The summed E-state index contributed by atoms with van der Waals surface area (Å²) in [6.07, 6.45) is 0. The molecule has 0 aliphatic rings. The molecule has 0 spiro atoms. The van der Waals surface area contributed by atoms with Crippen molar-refractivity contribution in [3.8, 4) is 0 Å². The summed E-state index contributed by atoms with van der Waals surface area (Å²) >= 11 is 0. The van der Waals surface area contributed by atoms with Gasteiger partial charge in [-0.15, -0.1) is 0 Å². The minimum Gasteiger partial charge on any atom is -0.465 e. The van der Waals surface area contributed by atoms with E-state index < -0.39 is 24.3 Å². The van der Waals surface area contributed by atoms with Gasteiger partial charge in [0.05, 0.1) is 12.7 Å². The fourth-order valence-electron chi connectivity index (χ4n) is 2.68. The lowest BCUT2D eigenvalue weighted by Crippen LogP contribution is -2.18. The van der Waals surface area contributed by atoms with Crippen molar-refractivity contribution in [2.75, 3.05) is 19.0 Å². The van der Waals surface area contributed by atoms with Gasteiger partial charge in [-0.05, 0) is 43.7 Å². The van der Waals surface area contributed by atoms with Crippen LogP contribution in [-0.4, -0.2) is 42.3 Å². The predicted octanol–water partition coefficient (Wildman–Crippen LogP) is 3.05. The van der Waals surface area contributed by atoms with Gasteiger partial charge < -0.3 is 19.8 Å². The second-order valence-electron chi connectivity index (χ2n) is 6.84. The topological polar surface area (TPSA) is 115 Å². The number of H-pyrrole nitrogens is 1. The first-order valence-electron chi connectivity index (χ1n) is 9.04. The van der Waals surface area contributed by atoms with Crippen LogP contribution >= 0.6 is 0 Å². The van der Waals surface area contributed by atoms with Gasteiger partial charge in [-0.3, -0.25) is 9.59 Å². The minimum atomic E-state index is -0.741. The van der Waals surface area contributed by atoms with Crippen LogP contribution in [0.2, 0.25) is 0 Å². The molecular formula is C21H24N2O6. The molecule has 2 N–H and O–H groups in total. The number of amides is 1. The van der Waals surface area contributed by atoms with Gasteiger partial charge in [0.15, 0.2) is 12.4 Å². The number of aryl methyl sites for hydroxylation is 1. The number of benzene rings is 1. The second kappa shape index (κ2) is 9.18. The maximum atomic E-state index is 12.3. The molecule has 0 aliphatic heterocycles. The molecule has 2 aromatic rings. The fourth-order valence-corrected chi connectivity index (χ4v) is 2.68. The summed E-state index contributed by atoms with van der Waals surface area (Å²) in [6.45, 7) is 6.34. The Balaban J connectivity index is 2.01. The van der Waals surface area contributed by atoms with Crippen molar-refractivity contribution in [3.05, 3.63) is 52.3 Å². The van der Waals surface area contributed by atoms with E-state index in [1.165, 1.54) is 7.11 Å². The maximum absolute atomic E-state index is 12.3. The van der Waals surface area contributed by atoms with Gasteiger partial charge in [0.2, 0.25) is 5.91 Å². The third-order valence-corrected chi connectivity index (χ3v) is 4.36. The number of hydrogen-bond donors (Lipinski definition) is 2. The number of Topliss-reactive ketones (excluding diaryl/α,β-unsaturated/α-hetero) is 1. The second-order valence-corrected chi connectivity index (χ2v) is 6.84. The zero-order chi connectivity index (χ0) is 21.7. The van der Waals surface area contributed by atoms with Crippen LogP contribution in [-0.2, 0) is 14.3 Å². The molecule has 0 radical (unpaired) electrons. The van der Waals surface area contributed by atoms with Gasteiger partial charge >= 0.3 is 11.9 Å². The van der Waals surface area contributed by atoms with Crippen molar-refractivity contribution < 1.29 is 28.7 Å². The summed E-state index contributed by atoms with van der Waals surface area (Å²) in [7, 11) is 1.25. The van der Waals surface area contributed by atoms with Crippen LogP contribution in [0.3, 0.4) is 0 Å². The maximum Gasteiger partial charge on any atom is 0.355 e. The number of carbonyl (C=O) groups excluding carboxylic acids is 4. The Hall–Kier alpha value is -3.42. The molecule has 2 rings (SSSR count). The number of aromatic nitrogens is 1. The minimum absolute atomic E-state index is 0.0995. The summed E-state index contributed by atoms with van der Waals surface area (Å²) < 4.78 is 9.79. The average molecular weight is 400 g/mol. The summed E-state index contributed by atoms with van der Waals surface area (Å²) in [5.41, 5.74) is 2.16. The molecule has 0 unspecified atom stereocenters. The van der Waals surface area contributed by atoms with E-state index in [2.05, 4.69) is 10.3 Å². The molecule has 1 aromatic heterocycles. The van der Waals surface area contributed by atoms with E-state index in [0.29, 0.717) is 22.5 Å². The number of rotatable bonds is 7. The highest BCUT2D eigenvalue weighted by atomic mass is 16.5.